The summed E-state index contributed by atoms with van der Waals surface area (Å²) in [4.78, 5) is 10.6. The molecule has 1 atom stereocenters. The summed E-state index contributed by atoms with van der Waals surface area (Å²) in [6.45, 7) is 1.92. The topological polar surface area (TPSA) is 79.0 Å². The van der Waals surface area contributed by atoms with E-state index < -0.39 is 4.92 Å². The summed E-state index contributed by atoms with van der Waals surface area (Å²) in [5.74, 6) is 0. The van der Waals surface area contributed by atoms with Crippen LogP contribution < -0.4 is 5.32 Å². The van der Waals surface area contributed by atoms with E-state index in [1.165, 1.54) is 6.07 Å². The van der Waals surface area contributed by atoms with E-state index in [9.17, 15) is 10.1 Å². The first-order chi connectivity index (χ1) is 10.0. The molecule has 0 amide bonds. The fourth-order valence-electron chi connectivity index (χ4n) is 2.01. The zero-order chi connectivity index (χ0) is 15.4. The van der Waals surface area contributed by atoms with Crippen LogP contribution in [0.1, 0.15) is 24.1 Å². The SMILES string of the molecule is CC(Nc1ccc(C#N)cc1[N+](=O)[O-])c1ccccc1Br. The average Bonchev–Trinajstić information content (AvgIpc) is 2.47. The molecule has 0 saturated heterocycles. The molecule has 1 N–H and O–H groups in total. The van der Waals surface area contributed by atoms with Crippen molar-refractivity contribution in [3.8, 4) is 6.07 Å². The van der Waals surface area contributed by atoms with Gasteiger partial charge in [-0.15, -0.1) is 0 Å². The Balaban J connectivity index is 2.34. The highest BCUT2D eigenvalue weighted by Gasteiger charge is 2.17. The number of hydrogen-bond acceptors (Lipinski definition) is 4. The smallest absolute Gasteiger partial charge is 0.293 e. The third kappa shape index (κ3) is 3.38. The Morgan fingerprint density at radius 2 is 2.05 bits per heavy atom. The summed E-state index contributed by atoms with van der Waals surface area (Å²) in [6.07, 6.45) is 0. The molecule has 6 heteroatoms. The van der Waals surface area contributed by atoms with Crippen LogP contribution in [0.2, 0.25) is 0 Å². The van der Waals surface area contributed by atoms with Gasteiger partial charge >= 0.3 is 0 Å². The van der Waals surface area contributed by atoms with Gasteiger partial charge in [-0.05, 0) is 30.7 Å². The van der Waals surface area contributed by atoms with Crippen LogP contribution in [0.3, 0.4) is 0 Å². The summed E-state index contributed by atoms with van der Waals surface area (Å²) in [5, 5.41) is 23.1. The Morgan fingerprint density at radius 3 is 2.67 bits per heavy atom. The number of nitrogens with zero attached hydrogens (tertiary/aromatic N) is 2. The van der Waals surface area contributed by atoms with Gasteiger partial charge in [0.15, 0.2) is 0 Å². The molecule has 2 aromatic rings. The predicted molar refractivity (Wildman–Crippen MR) is 84.0 cm³/mol. The van der Waals surface area contributed by atoms with Crippen LogP contribution in [-0.4, -0.2) is 4.92 Å². The molecule has 0 aromatic heterocycles. The molecule has 0 saturated carbocycles. The lowest BCUT2D eigenvalue weighted by atomic mass is 10.1. The first kappa shape index (κ1) is 15.0. The number of halogens is 1. The normalized spacial score (nSPS) is 11.5. The maximum Gasteiger partial charge on any atom is 0.293 e. The molecule has 5 nitrogen and oxygen atoms in total. The second kappa shape index (κ2) is 6.37. The predicted octanol–water partition coefficient (Wildman–Crippen LogP) is 4.40. The van der Waals surface area contributed by atoms with Gasteiger partial charge in [0, 0.05) is 16.6 Å². The minimum atomic E-state index is -0.490. The van der Waals surface area contributed by atoms with E-state index >= 15 is 0 Å². The lowest BCUT2D eigenvalue weighted by molar-refractivity contribution is -0.384. The lowest BCUT2D eigenvalue weighted by Crippen LogP contribution is -2.09. The summed E-state index contributed by atoms with van der Waals surface area (Å²) in [6, 6.07) is 13.9. The Hall–Kier alpha value is -2.39. The van der Waals surface area contributed by atoms with Crippen molar-refractivity contribution in [2.45, 2.75) is 13.0 Å². The molecule has 106 valence electrons. The highest BCUT2D eigenvalue weighted by molar-refractivity contribution is 9.10. The van der Waals surface area contributed by atoms with Gasteiger partial charge in [-0.25, -0.2) is 0 Å². The quantitative estimate of drug-likeness (QED) is 0.657. The fraction of sp³-hybridized carbons (Fsp3) is 0.133. The zero-order valence-corrected chi connectivity index (χ0v) is 12.8. The summed E-state index contributed by atoms with van der Waals surface area (Å²) in [5.41, 5.74) is 1.55. The molecule has 0 radical (unpaired) electrons. The van der Waals surface area contributed by atoms with Gasteiger partial charge in [-0.1, -0.05) is 34.1 Å². The second-order valence-electron chi connectivity index (χ2n) is 4.49. The number of rotatable bonds is 4. The van der Waals surface area contributed by atoms with Crippen molar-refractivity contribution in [3.63, 3.8) is 0 Å². The fourth-order valence-corrected chi connectivity index (χ4v) is 2.64. The molecule has 0 aliphatic carbocycles. The number of benzene rings is 2. The maximum absolute atomic E-state index is 11.1. The zero-order valence-electron chi connectivity index (χ0n) is 11.2. The minimum Gasteiger partial charge on any atom is -0.373 e. The number of hydrogen-bond donors (Lipinski definition) is 1. The second-order valence-corrected chi connectivity index (χ2v) is 5.34. The first-order valence-corrected chi connectivity index (χ1v) is 7.01. The Kier molecular flexibility index (Phi) is 4.55. The molecule has 0 spiro atoms. The third-order valence-corrected chi connectivity index (χ3v) is 3.79. The molecule has 0 aliphatic rings. The van der Waals surface area contributed by atoms with Crippen LogP contribution in [0.4, 0.5) is 11.4 Å². The van der Waals surface area contributed by atoms with Crippen molar-refractivity contribution in [1.29, 1.82) is 5.26 Å². The molecule has 0 bridgehead atoms. The van der Waals surface area contributed by atoms with Gasteiger partial charge in [0.25, 0.3) is 5.69 Å². The monoisotopic (exact) mass is 345 g/mol. The largest absolute Gasteiger partial charge is 0.373 e. The molecule has 0 aliphatic heterocycles. The van der Waals surface area contributed by atoms with Crippen molar-refractivity contribution in [1.82, 2.24) is 0 Å². The number of nitrogens with one attached hydrogen (secondary N) is 1. The van der Waals surface area contributed by atoms with Gasteiger partial charge in [-0.3, -0.25) is 10.1 Å². The van der Waals surface area contributed by atoms with Crippen LogP contribution in [0.25, 0.3) is 0 Å². The highest BCUT2D eigenvalue weighted by Crippen LogP contribution is 2.31. The van der Waals surface area contributed by atoms with Crippen LogP contribution in [0.15, 0.2) is 46.9 Å². The number of nitriles is 1. The first-order valence-electron chi connectivity index (χ1n) is 6.22. The van der Waals surface area contributed by atoms with Crippen molar-refractivity contribution in [3.05, 3.63) is 68.2 Å². The Morgan fingerprint density at radius 1 is 1.33 bits per heavy atom. The average molecular weight is 346 g/mol. The van der Waals surface area contributed by atoms with Gasteiger partial charge < -0.3 is 5.32 Å². The molecule has 0 fully saturated rings. The Labute approximate surface area is 130 Å². The van der Waals surface area contributed by atoms with Crippen LogP contribution in [0.5, 0.6) is 0 Å². The van der Waals surface area contributed by atoms with E-state index in [0.29, 0.717) is 5.69 Å². The third-order valence-electron chi connectivity index (χ3n) is 3.07. The summed E-state index contributed by atoms with van der Waals surface area (Å²) < 4.78 is 0.932. The van der Waals surface area contributed by atoms with Gasteiger partial charge in [0.1, 0.15) is 5.69 Å². The molecular weight excluding hydrogens is 334 g/mol. The molecule has 21 heavy (non-hydrogen) atoms. The maximum atomic E-state index is 11.1. The minimum absolute atomic E-state index is 0.104. The van der Waals surface area contributed by atoms with Crippen LogP contribution in [0, 0.1) is 21.4 Å². The van der Waals surface area contributed by atoms with Gasteiger partial charge in [0.05, 0.1) is 16.6 Å². The van der Waals surface area contributed by atoms with Crippen LogP contribution in [-0.2, 0) is 0 Å². The van der Waals surface area contributed by atoms with Crippen molar-refractivity contribution in [2.24, 2.45) is 0 Å². The summed E-state index contributed by atoms with van der Waals surface area (Å²) >= 11 is 3.46. The number of nitro benzene ring substituents is 1. The molecule has 2 rings (SSSR count). The summed E-state index contributed by atoms with van der Waals surface area (Å²) in [7, 11) is 0. The van der Waals surface area contributed by atoms with E-state index in [0.717, 1.165) is 10.0 Å². The highest BCUT2D eigenvalue weighted by atomic mass is 79.9. The van der Waals surface area contributed by atoms with Crippen molar-refractivity contribution < 1.29 is 4.92 Å². The molecular formula is C15H12BrN3O2. The van der Waals surface area contributed by atoms with Gasteiger partial charge in [0.2, 0.25) is 0 Å². The Bertz CT molecular complexity index is 725. The van der Waals surface area contributed by atoms with E-state index in [1.54, 1.807) is 12.1 Å². The van der Waals surface area contributed by atoms with Crippen molar-refractivity contribution in [2.75, 3.05) is 5.32 Å². The molecule has 2 aromatic carbocycles. The number of nitro groups is 1. The lowest BCUT2D eigenvalue weighted by Gasteiger charge is -2.17. The molecule has 1 unspecified atom stereocenters. The van der Waals surface area contributed by atoms with Crippen molar-refractivity contribution >= 4 is 27.3 Å². The molecule has 0 heterocycles. The standard InChI is InChI=1S/C15H12BrN3O2/c1-10(12-4-2-3-5-13(12)16)18-14-7-6-11(9-17)8-15(14)19(20)21/h2-8,10,18H,1H3. The van der Waals surface area contributed by atoms with Gasteiger partial charge in [-0.2, -0.15) is 5.26 Å². The van der Waals surface area contributed by atoms with E-state index in [2.05, 4.69) is 21.2 Å². The van der Waals surface area contributed by atoms with E-state index in [-0.39, 0.29) is 17.3 Å². The van der Waals surface area contributed by atoms with E-state index in [1.807, 2.05) is 37.3 Å². The van der Waals surface area contributed by atoms with Crippen LogP contribution >= 0.6 is 15.9 Å². The van der Waals surface area contributed by atoms with E-state index in [4.69, 9.17) is 5.26 Å². The number of anilines is 1.